The van der Waals surface area contributed by atoms with Gasteiger partial charge in [0.2, 0.25) is 0 Å². The van der Waals surface area contributed by atoms with Crippen LogP contribution in [0.3, 0.4) is 0 Å². The maximum absolute atomic E-state index is 11.6. The molecule has 1 unspecified atom stereocenters. The number of carbonyl (C=O) groups is 1. The molecule has 0 saturated carbocycles. The molecular weight excluding hydrogens is 534 g/mol. The number of nitrogens with zero attached hydrogens (tertiary/aromatic N) is 5. The topological polar surface area (TPSA) is 103 Å². The summed E-state index contributed by atoms with van der Waals surface area (Å²) in [5.41, 5.74) is 4.12. The highest BCUT2D eigenvalue weighted by Crippen LogP contribution is 2.44. The van der Waals surface area contributed by atoms with Gasteiger partial charge in [-0.25, -0.2) is 19.6 Å². The van der Waals surface area contributed by atoms with Crippen LogP contribution in [0.2, 0.25) is 0 Å². The van der Waals surface area contributed by atoms with Gasteiger partial charge in [-0.3, -0.25) is 4.90 Å². The van der Waals surface area contributed by atoms with Crippen molar-refractivity contribution in [2.75, 3.05) is 26.3 Å². The van der Waals surface area contributed by atoms with E-state index in [1.165, 1.54) is 11.6 Å². The number of rotatable bonds is 7. The lowest BCUT2D eigenvalue weighted by Crippen LogP contribution is -2.35. The van der Waals surface area contributed by atoms with E-state index in [0.29, 0.717) is 42.5 Å². The second-order valence-corrected chi connectivity index (χ2v) is 11.1. The molecule has 2 aromatic carbocycles. The molecule has 0 amide bonds. The quantitative estimate of drug-likeness (QED) is 0.299. The van der Waals surface area contributed by atoms with Crippen LogP contribution < -0.4 is 9.47 Å². The molecule has 4 aromatic rings. The molecule has 1 N–H and O–H groups in total. The number of hydrogen-bond donors (Lipinski definition) is 1. The summed E-state index contributed by atoms with van der Waals surface area (Å²) in [5.74, 6) is 1.80. The van der Waals surface area contributed by atoms with Gasteiger partial charge >= 0.3 is 5.97 Å². The predicted octanol–water partition coefficient (Wildman–Crippen LogP) is 5.36. The Labute approximate surface area is 243 Å². The van der Waals surface area contributed by atoms with Crippen molar-refractivity contribution < 1.29 is 24.1 Å². The standard InChI is InChI=1S/C32H31N5O5/c1-33-22-7-5-21(6-8-22)28-19-41-30-24(3-2-4-27(30)42-28)20-11-14-36(15-12-20)18-29-34-25-9-10-26(32(38)39)35-31(25)37(29)17-23-13-16-40-23/h2-10,20,23,28H,11-19H2,(H,38,39)/t23-,28?/m0/s1. The van der Waals surface area contributed by atoms with E-state index in [1.807, 2.05) is 41.0 Å². The zero-order valence-electron chi connectivity index (χ0n) is 23.1. The smallest absolute Gasteiger partial charge is 0.354 e. The van der Waals surface area contributed by atoms with Gasteiger partial charge in [0.05, 0.1) is 25.8 Å². The number of fused-ring (bicyclic) bond motifs is 2. The molecule has 2 atom stereocenters. The summed E-state index contributed by atoms with van der Waals surface area (Å²) in [6.07, 6.45) is 2.83. The molecule has 2 fully saturated rings. The third-order valence-electron chi connectivity index (χ3n) is 8.51. The predicted molar refractivity (Wildman–Crippen MR) is 154 cm³/mol. The average Bonchev–Trinajstić information content (AvgIpc) is 3.34. The van der Waals surface area contributed by atoms with Gasteiger partial charge in [-0.15, -0.1) is 0 Å². The van der Waals surface area contributed by atoms with Gasteiger partial charge in [-0.05, 0) is 62.0 Å². The first-order valence-electron chi connectivity index (χ1n) is 14.4. The van der Waals surface area contributed by atoms with E-state index in [-0.39, 0.29) is 17.9 Å². The summed E-state index contributed by atoms with van der Waals surface area (Å²) >= 11 is 0. The molecule has 2 aromatic heterocycles. The van der Waals surface area contributed by atoms with E-state index in [1.54, 1.807) is 6.07 Å². The Morgan fingerprint density at radius 1 is 1.05 bits per heavy atom. The summed E-state index contributed by atoms with van der Waals surface area (Å²) in [6.45, 7) is 11.4. The van der Waals surface area contributed by atoms with Crippen molar-refractivity contribution in [2.45, 2.75) is 50.5 Å². The Bertz CT molecular complexity index is 1670. The summed E-state index contributed by atoms with van der Waals surface area (Å²) < 4.78 is 20.4. The minimum atomic E-state index is -1.04. The number of aromatic carboxylic acids is 1. The Morgan fingerprint density at radius 3 is 2.57 bits per heavy atom. The monoisotopic (exact) mass is 565 g/mol. The van der Waals surface area contributed by atoms with Crippen LogP contribution in [-0.4, -0.2) is 62.9 Å². The van der Waals surface area contributed by atoms with Crippen molar-refractivity contribution in [3.8, 4) is 11.5 Å². The van der Waals surface area contributed by atoms with Gasteiger partial charge in [-0.2, -0.15) is 0 Å². The Hall–Kier alpha value is -4.46. The number of benzene rings is 2. The fourth-order valence-electron chi connectivity index (χ4n) is 6.09. The van der Waals surface area contributed by atoms with Crippen molar-refractivity contribution in [3.05, 3.63) is 88.7 Å². The van der Waals surface area contributed by atoms with Crippen LogP contribution in [0.4, 0.5) is 5.69 Å². The number of carboxylic acid groups (broad SMARTS) is 1. The number of para-hydroxylation sites is 1. The number of aromatic nitrogens is 3. The minimum absolute atomic E-state index is 0.0206. The lowest BCUT2D eigenvalue weighted by molar-refractivity contribution is -0.0593. The third-order valence-corrected chi connectivity index (χ3v) is 8.51. The number of pyridine rings is 1. The van der Waals surface area contributed by atoms with E-state index < -0.39 is 5.97 Å². The molecular formula is C32H31N5O5. The van der Waals surface area contributed by atoms with E-state index in [4.69, 9.17) is 25.8 Å². The van der Waals surface area contributed by atoms with Gasteiger partial charge in [-0.1, -0.05) is 36.4 Å². The van der Waals surface area contributed by atoms with Gasteiger partial charge in [0.1, 0.15) is 17.9 Å². The molecule has 0 radical (unpaired) electrons. The number of imidazole rings is 1. The van der Waals surface area contributed by atoms with Crippen LogP contribution in [0.15, 0.2) is 54.6 Å². The molecule has 42 heavy (non-hydrogen) atoms. The molecule has 10 nitrogen and oxygen atoms in total. The maximum atomic E-state index is 11.6. The number of likely N-dealkylation sites (tertiary alicyclic amines) is 1. The molecule has 3 aliphatic rings. The maximum Gasteiger partial charge on any atom is 0.354 e. The van der Waals surface area contributed by atoms with Gasteiger partial charge in [0.15, 0.2) is 34.6 Å². The lowest BCUT2D eigenvalue weighted by Gasteiger charge is -2.35. The Balaban J connectivity index is 1.04. The van der Waals surface area contributed by atoms with Crippen LogP contribution >= 0.6 is 0 Å². The van der Waals surface area contributed by atoms with E-state index in [2.05, 4.69) is 20.8 Å². The minimum Gasteiger partial charge on any atom is -0.485 e. The molecule has 0 spiro atoms. The summed E-state index contributed by atoms with van der Waals surface area (Å²) in [4.78, 5) is 26.7. The van der Waals surface area contributed by atoms with Crippen LogP contribution in [-0.2, 0) is 17.8 Å². The van der Waals surface area contributed by atoms with E-state index >= 15 is 0 Å². The largest absolute Gasteiger partial charge is 0.485 e. The third kappa shape index (κ3) is 5.06. The van der Waals surface area contributed by atoms with Crippen LogP contribution in [0.5, 0.6) is 11.5 Å². The van der Waals surface area contributed by atoms with Crippen LogP contribution in [0.1, 0.15) is 58.7 Å². The van der Waals surface area contributed by atoms with Crippen LogP contribution in [0, 0.1) is 6.57 Å². The van der Waals surface area contributed by atoms with Crippen molar-refractivity contribution >= 4 is 22.8 Å². The summed E-state index contributed by atoms with van der Waals surface area (Å²) in [6, 6.07) is 16.9. The number of piperidine rings is 1. The molecule has 0 bridgehead atoms. The Morgan fingerprint density at radius 2 is 1.86 bits per heavy atom. The number of ether oxygens (including phenoxy) is 3. The van der Waals surface area contributed by atoms with Crippen LogP contribution in [0.25, 0.3) is 16.0 Å². The first kappa shape index (κ1) is 26.4. The second kappa shape index (κ2) is 11.1. The zero-order chi connectivity index (χ0) is 28.6. The molecule has 0 aliphatic carbocycles. The van der Waals surface area contributed by atoms with Crippen molar-refractivity contribution in [1.82, 2.24) is 19.4 Å². The highest BCUT2D eigenvalue weighted by molar-refractivity contribution is 5.88. The SMILES string of the molecule is [C-]#[N+]c1ccc(C2COc3c(cccc3C3CCN(Cc4nc5ccc(C(=O)O)nc5n4C[C@@H]4CCO4)CC3)O2)cc1. The highest BCUT2D eigenvalue weighted by atomic mass is 16.6. The molecule has 7 rings (SSSR count). The van der Waals surface area contributed by atoms with Crippen molar-refractivity contribution in [1.29, 1.82) is 0 Å². The lowest BCUT2D eigenvalue weighted by atomic mass is 9.88. The van der Waals surface area contributed by atoms with Gasteiger partial charge < -0.3 is 23.9 Å². The first-order chi connectivity index (χ1) is 20.6. The van der Waals surface area contributed by atoms with E-state index in [0.717, 1.165) is 61.8 Å². The van der Waals surface area contributed by atoms with E-state index in [9.17, 15) is 9.90 Å². The molecule has 2 saturated heterocycles. The number of hydrogen-bond acceptors (Lipinski definition) is 7. The van der Waals surface area contributed by atoms with Gasteiger partial charge in [0.25, 0.3) is 0 Å². The normalized spacial score (nSPS) is 20.6. The van der Waals surface area contributed by atoms with Gasteiger partial charge in [0, 0.05) is 12.2 Å². The summed E-state index contributed by atoms with van der Waals surface area (Å²) in [5, 5.41) is 9.47. The first-order valence-corrected chi connectivity index (χ1v) is 14.4. The summed E-state index contributed by atoms with van der Waals surface area (Å²) in [7, 11) is 0. The molecule has 214 valence electrons. The number of carboxylic acids is 1. The van der Waals surface area contributed by atoms with Crippen molar-refractivity contribution in [3.63, 3.8) is 0 Å². The van der Waals surface area contributed by atoms with Crippen molar-refractivity contribution in [2.24, 2.45) is 0 Å². The highest BCUT2D eigenvalue weighted by Gasteiger charge is 2.30. The fraction of sp³-hybridized carbons (Fsp3) is 0.375. The molecule has 10 heteroatoms. The molecule has 5 heterocycles. The second-order valence-electron chi connectivity index (χ2n) is 11.1. The Kier molecular flexibility index (Phi) is 6.98. The molecule has 3 aliphatic heterocycles. The fourth-order valence-corrected chi connectivity index (χ4v) is 6.09. The zero-order valence-corrected chi connectivity index (χ0v) is 23.1. The average molecular weight is 566 g/mol.